The van der Waals surface area contributed by atoms with Crippen molar-refractivity contribution < 1.29 is 13.9 Å². The third-order valence-electron chi connectivity index (χ3n) is 2.27. The fourth-order valence-corrected chi connectivity index (χ4v) is 2.53. The van der Waals surface area contributed by atoms with Crippen LogP contribution in [0.5, 0.6) is 0 Å². The molecular weight excluding hydrogens is 292 g/mol. The third kappa shape index (κ3) is 4.60. The summed E-state index contributed by atoms with van der Waals surface area (Å²) in [6.45, 7) is 1.73. The normalized spacial score (nSPS) is 13.6. The summed E-state index contributed by atoms with van der Waals surface area (Å²) in [5, 5.41) is 13.1. The number of nitrogens with one attached hydrogen (secondary N) is 1. The lowest BCUT2D eigenvalue weighted by molar-refractivity contribution is -0.384. The van der Waals surface area contributed by atoms with Gasteiger partial charge in [-0.3, -0.25) is 19.1 Å². The van der Waals surface area contributed by atoms with E-state index in [9.17, 15) is 19.1 Å². The monoisotopic (exact) mass is 304 g/mol. The molecule has 0 fully saturated rings. The largest absolute Gasteiger partial charge is 0.349 e. The lowest BCUT2D eigenvalue weighted by Crippen LogP contribution is -2.36. The zero-order valence-corrected chi connectivity index (χ0v) is 12.0. The Morgan fingerprint density at radius 3 is 2.68 bits per heavy atom. The van der Waals surface area contributed by atoms with E-state index >= 15 is 0 Å². The Kier molecular flexibility index (Phi) is 5.44. The Morgan fingerprint density at radius 2 is 2.21 bits per heavy atom. The van der Waals surface area contributed by atoms with Gasteiger partial charge in [0.25, 0.3) is 11.6 Å². The predicted molar refractivity (Wildman–Crippen MR) is 74.0 cm³/mol. The summed E-state index contributed by atoms with van der Waals surface area (Å²) in [5.41, 5.74) is -0.0229. The molecule has 1 amide bonds. The molecule has 8 heteroatoms. The summed E-state index contributed by atoms with van der Waals surface area (Å²) in [7, 11) is -1.01. The Balaban J connectivity index is 2.81. The average Bonchev–Trinajstić information content (AvgIpc) is 2.26. The van der Waals surface area contributed by atoms with Crippen LogP contribution < -0.4 is 5.32 Å². The number of carbonyl (C=O) groups excluding carboxylic acids is 1. The smallest absolute Gasteiger partial charge is 0.287 e. The van der Waals surface area contributed by atoms with Crippen molar-refractivity contribution in [2.24, 2.45) is 0 Å². The number of rotatable bonds is 5. The molecule has 0 aliphatic carbocycles. The number of halogens is 1. The zero-order valence-electron chi connectivity index (χ0n) is 10.4. The number of benzene rings is 1. The van der Waals surface area contributed by atoms with Crippen LogP contribution in [0, 0.1) is 10.1 Å². The van der Waals surface area contributed by atoms with Crippen LogP contribution in [0.1, 0.15) is 17.3 Å². The van der Waals surface area contributed by atoms with Crippen molar-refractivity contribution in [1.82, 2.24) is 5.32 Å². The number of nitrogens with zero attached hydrogens (tertiary/aromatic N) is 1. The molecule has 2 unspecified atom stereocenters. The molecular formula is C11H13ClN2O4S. The number of nitro groups is 1. The Hall–Kier alpha value is -1.47. The summed E-state index contributed by atoms with van der Waals surface area (Å²) in [6, 6.07) is 3.49. The van der Waals surface area contributed by atoms with Crippen molar-refractivity contribution in [2.75, 3.05) is 12.0 Å². The van der Waals surface area contributed by atoms with Crippen LogP contribution in [0.2, 0.25) is 5.02 Å². The van der Waals surface area contributed by atoms with Crippen LogP contribution in [0.25, 0.3) is 0 Å². The molecule has 0 spiro atoms. The Bertz CT molecular complexity index is 535. The number of carbonyl (C=O) groups is 1. The summed E-state index contributed by atoms with van der Waals surface area (Å²) in [5.74, 6) is -0.0679. The minimum Gasteiger partial charge on any atom is -0.349 e. The van der Waals surface area contributed by atoms with Gasteiger partial charge in [-0.05, 0) is 19.1 Å². The molecule has 0 saturated carbocycles. The molecule has 1 aromatic carbocycles. The van der Waals surface area contributed by atoms with Crippen LogP contribution >= 0.6 is 11.6 Å². The minimum atomic E-state index is -1.01. The summed E-state index contributed by atoms with van der Waals surface area (Å²) < 4.78 is 11.0. The molecule has 0 aliphatic rings. The molecule has 2 atom stereocenters. The fraction of sp³-hybridized carbons (Fsp3) is 0.364. The molecule has 0 heterocycles. The molecule has 1 aromatic rings. The molecule has 19 heavy (non-hydrogen) atoms. The highest BCUT2D eigenvalue weighted by molar-refractivity contribution is 7.84. The first-order valence-corrected chi connectivity index (χ1v) is 7.46. The Labute approximate surface area is 117 Å². The highest BCUT2D eigenvalue weighted by Crippen LogP contribution is 2.24. The maximum atomic E-state index is 11.8. The van der Waals surface area contributed by atoms with Gasteiger partial charge in [0.15, 0.2) is 0 Å². The van der Waals surface area contributed by atoms with Gasteiger partial charge in [0, 0.05) is 40.5 Å². The molecule has 0 saturated heterocycles. The van der Waals surface area contributed by atoms with Crippen molar-refractivity contribution in [3.05, 3.63) is 38.9 Å². The summed E-state index contributed by atoms with van der Waals surface area (Å²) >= 11 is 5.72. The first kappa shape index (κ1) is 15.6. The van der Waals surface area contributed by atoms with Crippen LogP contribution in [0.3, 0.4) is 0 Å². The second-order valence-electron chi connectivity index (χ2n) is 4.04. The third-order valence-corrected chi connectivity index (χ3v) is 3.54. The van der Waals surface area contributed by atoms with Crippen LogP contribution in [0.15, 0.2) is 18.2 Å². The van der Waals surface area contributed by atoms with E-state index in [-0.39, 0.29) is 22.3 Å². The van der Waals surface area contributed by atoms with Gasteiger partial charge in [-0.1, -0.05) is 11.6 Å². The van der Waals surface area contributed by atoms with Gasteiger partial charge >= 0.3 is 0 Å². The molecule has 0 aromatic heterocycles. The lowest BCUT2D eigenvalue weighted by atomic mass is 10.2. The van der Waals surface area contributed by atoms with E-state index in [0.29, 0.717) is 5.75 Å². The van der Waals surface area contributed by atoms with Crippen LogP contribution in [0.4, 0.5) is 5.69 Å². The minimum absolute atomic E-state index is 0.0932. The maximum absolute atomic E-state index is 11.8. The second-order valence-corrected chi connectivity index (χ2v) is 5.92. The van der Waals surface area contributed by atoms with Gasteiger partial charge in [0.2, 0.25) is 0 Å². The molecule has 1 N–H and O–H groups in total. The molecule has 104 valence electrons. The lowest BCUT2D eigenvalue weighted by Gasteiger charge is -2.12. The highest BCUT2D eigenvalue weighted by Gasteiger charge is 2.16. The van der Waals surface area contributed by atoms with Gasteiger partial charge in [0.1, 0.15) is 5.02 Å². The second kappa shape index (κ2) is 6.63. The van der Waals surface area contributed by atoms with Crippen molar-refractivity contribution in [1.29, 1.82) is 0 Å². The predicted octanol–water partition coefficient (Wildman–Crippen LogP) is 1.75. The van der Waals surface area contributed by atoms with Crippen molar-refractivity contribution in [2.45, 2.75) is 13.0 Å². The van der Waals surface area contributed by atoms with E-state index in [2.05, 4.69) is 5.32 Å². The highest BCUT2D eigenvalue weighted by atomic mass is 35.5. The van der Waals surface area contributed by atoms with Crippen molar-refractivity contribution in [3.8, 4) is 0 Å². The molecule has 0 aliphatic heterocycles. The number of hydrogen-bond acceptors (Lipinski definition) is 4. The standard InChI is InChI=1S/C11H13ClN2O4S/c1-7(6-19(2)18)13-11(15)8-3-4-10(14(16)17)9(12)5-8/h3-5,7H,6H2,1-2H3,(H,13,15). The summed E-state index contributed by atoms with van der Waals surface area (Å²) in [6.07, 6.45) is 1.55. The molecule has 0 radical (unpaired) electrons. The number of nitro benzene ring substituents is 1. The van der Waals surface area contributed by atoms with E-state index in [1.807, 2.05) is 0 Å². The molecule has 6 nitrogen and oxygen atoms in total. The topological polar surface area (TPSA) is 89.3 Å². The first-order valence-electron chi connectivity index (χ1n) is 5.36. The van der Waals surface area contributed by atoms with Gasteiger partial charge in [-0.2, -0.15) is 0 Å². The Morgan fingerprint density at radius 1 is 1.58 bits per heavy atom. The average molecular weight is 305 g/mol. The van der Waals surface area contributed by atoms with Crippen molar-refractivity contribution in [3.63, 3.8) is 0 Å². The summed E-state index contributed by atoms with van der Waals surface area (Å²) in [4.78, 5) is 21.8. The van der Waals surface area contributed by atoms with E-state index in [1.165, 1.54) is 18.2 Å². The zero-order chi connectivity index (χ0) is 14.6. The fourth-order valence-electron chi connectivity index (χ4n) is 1.50. The van der Waals surface area contributed by atoms with Gasteiger partial charge in [-0.25, -0.2) is 0 Å². The van der Waals surface area contributed by atoms with E-state index < -0.39 is 21.6 Å². The first-order chi connectivity index (χ1) is 8.81. The van der Waals surface area contributed by atoms with Gasteiger partial charge in [-0.15, -0.1) is 0 Å². The molecule has 1 rings (SSSR count). The number of hydrogen-bond donors (Lipinski definition) is 1. The quantitative estimate of drug-likeness (QED) is 0.663. The SMILES string of the molecule is CC(CS(C)=O)NC(=O)c1ccc([N+](=O)[O-])c(Cl)c1. The van der Waals surface area contributed by atoms with Gasteiger partial charge < -0.3 is 5.32 Å². The van der Waals surface area contributed by atoms with Crippen LogP contribution in [-0.4, -0.2) is 33.1 Å². The van der Waals surface area contributed by atoms with E-state index in [4.69, 9.17) is 11.6 Å². The van der Waals surface area contributed by atoms with Gasteiger partial charge in [0.05, 0.1) is 4.92 Å². The van der Waals surface area contributed by atoms with E-state index in [1.54, 1.807) is 13.2 Å². The van der Waals surface area contributed by atoms with E-state index in [0.717, 1.165) is 0 Å². The maximum Gasteiger partial charge on any atom is 0.287 e. The number of amides is 1. The van der Waals surface area contributed by atoms with Crippen molar-refractivity contribution >= 4 is 34.0 Å². The van der Waals surface area contributed by atoms with Crippen LogP contribution in [-0.2, 0) is 10.8 Å². The molecule has 0 bridgehead atoms.